The van der Waals surface area contributed by atoms with Crippen molar-refractivity contribution in [1.29, 1.82) is 0 Å². The highest BCUT2D eigenvalue weighted by Gasteiger charge is 2.21. The van der Waals surface area contributed by atoms with Crippen LogP contribution in [-0.2, 0) is 6.42 Å². The molecule has 1 heterocycles. The van der Waals surface area contributed by atoms with Crippen molar-refractivity contribution in [2.24, 2.45) is 0 Å². The molecule has 1 unspecified atom stereocenters. The number of nitrogens with one attached hydrogen (secondary N) is 1. The molecule has 2 aromatic carbocycles. The first-order chi connectivity index (χ1) is 9.28. The second-order valence-corrected chi connectivity index (χ2v) is 5.12. The molecule has 0 saturated heterocycles. The van der Waals surface area contributed by atoms with Crippen LogP contribution in [0.4, 0.5) is 0 Å². The van der Waals surface area contributed by atoms with Gasteiger partial charge < -0.3 is 10.1 Å². The quantitative estimate of drug-likeness (QED) is 0.887. The van der Waals surface area contributed by atoms with Crippen LogP contribution in [0.25, 0.3) is 0 Å². The molecule has 2 nitrogen and oxygen atoms in total. The molecule has 0 amide bonds. The van der Waals surface area contributed by atoms with Crippen molar-refractivity contribution in [2.45, 2.75) is 19.4 Å². The fourth-order valence-electron chi connectivity index (χ4n) is 2.82. The molecular weight excluding hydrogens is 234 g/mol. The largest absolute Gasteiger partial charge is 0.497 e. The maximum Gasteiger partial charge on any atom is 0.119 e. The molecule has 0 fully saturated rings. The number of hydrogen-bond donors (Lipinski definition) is 1. The number of fused-ring (bicyclic) bond motifs is 1. The number of aryl methyl sites for hydroxylation is 1. The van der Waals surface area contributed by atoms with E-state index in [1.807, 2.05) is 0 Å². The lowest BCUT2D eigenvalue weighted by molar-refractivity contribution is 0.413. The van der Waals surface area contributed by atoms with Gasteiger partial charge in [0, 0.05) is 6.54 Å². The van der Waals surface area contributed by atoms with Gasteiger partial charge in [0.2, 0.25) is 0 Å². The third-order valence-electron chi connectivity index (χ3n) is 3.78. The topological polar surface area (TPSA) is 21.3 Å². The summed E-state index contributed by atoms with van der Waals surface area (Å²) in [4.78, 5) is 0. The molecule has 0 spiro atoms. The van der Waals surface area contributed by atoms with Gasteiger partial charge >= 0.3 is 0 Å². The van der Waals surface area contributed by atoms with Crippen LogP contribution in [0.15, 0.2) is 42.5 Å². The summed E-state index contributed by atoms with van der Waals surface area (Å²) in [6.45, 7) is 3.15. The minimum absolute atomic E-state index is 0.301. The Morgan fingerprint density at radius 2 is 2.05 bits per heavy atom. The minimum Gasteiger partial charge on any atom is -0.497 e. The predicted octanol–water partition coefficient (Wildman–Crippen LogP) is 3.24. The molecule has 0 bridgehead atoms. The summed E-state index contributed by atoms with van der Waals surface area (Å²) in [6.07, 6.45) is 1.06. The molecule has 0 aliphatic carbocycles. The molecule has 1 N–H and O–H groups in total. The first kappa shape index (κ1) is 12.2. The van der Waals surface area contributed by atoms with Crippen molar-refractivity contribution >= 4 is 0 Å². The molecular formula is C17H19NO. The Morgan fingerprint density at radius 1 is 1.16 bits per heavy atom. The summed E-state index contributed by atoms with van der Waals surface area (Å²) in [6, 6.07) is 15.4. The molecule has 1 atom stereocenters. The first-order valence-electron chi connectivity index (χ1n) is 6.74. The Kier molecular flexibility index (Phi) is 3.26. The smallest absolute Gasteiger partial charge is 0.119 e. The van der Waals surface area contributed by atoms with E-state index in [2.05, 4.69) is 54.7 Å². The van der Waals surface area contributed by atoms with Gasteiger partial charge in [-0.05, 0) is 42.2 Å². The molecule has 0 radical (unpaired) electrons. The normalized spacial score (nSPS) is 17.9. The van der Waals surface area contributed by atoms with Gasteiger partial charge in [-0.15, -0.1) is 0 Å². The maximum atomic E-state index is 5.32. The van der Waals surface area contributed by atoms with E-state index in [9.17, 15) is 0 Å². The molecule has 0 aromatic heterocycles. The van der Waals surface area contributed by atoms with Gasteiger partial charge in [0.1, 0.15) is 5.75 Å². The van der Waals surface area contributed by atoms with Crippen LogP contribution in [0.1, 0.15) is 28.3 Å². The lowest BCUT2D eigenvalue weighted by Gasteiger charge is -2.28. The van der Waals surface area contributed by atoms with Crippen LogP contribution < -0.4 is 10.1 Å². The minimum atomic E-state index is 0.301. The lowest BCUT2D eigenvalue weighted by atomic mass is 9.89. The Labute approximate surface area is 114 Å². The van der Waals surface area contributed by atoms with E-state index in [0.717, 1.165) is 18.7 Å². The monoisotopic (exact) mass is 253 g/mol. The molecule has 0 saturated carbocycles. The number of methoxy groups -OCH3 is 1. The average molecular weight is 253 g/mol. The highest BCUT2D eigenvalue weighted by molar-refractivity contribution is 5.44. The standard InChI is InChI=1S/C17H19NO/c1-12-4-3-5-14(10-12)17-16-7-6-15(19-2)11-13(16)8-9-18-17/h3-7,10-11,17-18H,8-9H2,1-2H3. The van der Waals surface area contributed by atoms with Crippen LogP contribution >= 0.6 is 0 Å². The van der Waals surface area contributed by atoms with Gasteiger partial charge in [-0.3, -0.25) is 0 Å². The lowest BCUT2D eigenvalue weighted by Crippen LogP contribution is -2.30. The summed E-state index contributed by atoms with van der Waals surface area (Å²) >= 11 is 0. The van der Waals surface area contributed by atoms with E-state index in [-0.39, 0.29) is 0 Å². The highest BCUT2D eigenvalue weighted by Crippen LogP contribution is 2.31. The number of hydrogen-bond acceptors (Lipinski definition) is 2. The maximum absolute atomic E-state index is 5.32. The van der Waals surface area contributed by atoms with E-state index in [1.165, 1.54) is 22.3 Å². The molecule has 2 heteroatoms. The Balaban J connectivity index is 2.03. The van der Waals surface area contributed by atoms with Crippen molar-refractivity contribution in [3.8, 4) is 5.75 Å². The zero-order chi connectivity index (χ0) is 13.2. The second kappa shape index (κ2) is 5.06. The van der Waals surface area contributed by atoms with E-state index in [4.69, 9.17) is 4.74 Å². The Morgan fingerprint density at radius 3 is 2.84 bits per heavy atom. The summed E-state index contributed by atoms with van der Waals surface area (Å²) in [5, 5.41) is 3.62. The van der Waals surface area contributed by atoms with Crippen molar-refractivity contribution < 1.29 is 4.74 Å². The predicted molar refractivity (Wildman–Crippen MR) is 77.7 cm³/mol. The molecule has 1 aliphatic heterocycles. The van der Waals surface area contributed by atoms with Crippen LogP contribution in [0.3, 0.4) is 0 Å². The summed E-state index contributed by atoms with van der Waals surface area (Å²) < 4.78 is 5.32. The van der Waals surface area contributed by atoms with Gasteiger partial charge in [-0.2, -0.15) is 0 Å². The second-order valence-electron chi connectivity index (χ2n) is 5.12. The fourth-order valence-corrected chi connectivity index (χ4v) is 2.82. The van der Waals surface area contributed by atoms with Crippen molar-refractivity contribution in [3.05, 3.63) is 64.7 Å². The highest BCUT2D eigenvalue weighted by atomic mass is 16.5. The van der Waals surface area contributed by atoms with Gasteiger partial charge in [-0.1, -0.05) is 35.9 Å². The number of benzene rings is 2. The molecule has 2 aromatic rings. The zero-order valence-corrected chi connectivity index (χ0v) is 11.4. The third-order valence-corrected chi connectivity index (χ3v) is 3.78. The Hall–Kier alpha value is -1.80. The van der Waals surface area contributed by atoms with Gasteiger partial charge in [0.15, 0.2) is 0 Å². The fraction of sp³-hybridized carbons (Fsp3) is 0.294. The van der Waals surface area contributed by atoms with Crippen molar-refractivity contribution in [1.82, 2.24) is 5.32 Å². The molecule has 98 valence electrons. The van der Waals surface area contributed by atoms with Crippen LogP contribution in [-0.4, -0.2) is 13.7 Å². The van der Waals surface area contributed by atoms with Gasteiger partial charge in [-0.25, -0.2) is 0 Å². The van der Waals surface area contributed by atoms with Crippen molar-refractivity contribution in [2.75, 3.05) is 13.7 Å². The van der Waals surface area contributed by atoms with Crippen LogP contribution in [0, 0.1) is 6.92 Å². The van der Waals surface area contributed by atoms with Crippen LogP contribution in [0.5, 0.6) is 5.75 Å². The SMILES string of the molecule is COc1ccc2c(c1)CCNC2c1cccc(C)c1. The van der Waals surface area contributed by atoms with E-state index < -0.39 is 0 Å². The average Bonchev–Trinajstić information content (AvgIpc) is 2.46. The Bertz CT molecular complexity index is 592. The van der Waals surface area contributed by atoms with Gasteiger partial charge in [0.25, 0.3) is 0 Å². The van der Waals surface area contributed by atoms with E-state index in [0.29, 0.717) is 6.04 Å². The van der Waals surface area contributed by atoms with Crippen LogP contribution in [0.2, 0.25) is 0 Å². The summed E-state index contributed by atoms with van der Waals surface area (Å²) in [5.74, 6) is 0.948. The summed E-state index contributed by atoms with van der Waals surface area (Å²) in [5.41, 5.74) is 5.41. The molecule has 19 heavy (non-hydrogen) atoms. The first-order valence-corrected chi connectivity index (χ1v) is 6.74. The number of rotatable bonds is 2. The van der Waals surface area contributed by atoms with Gasteiger partial charge in [0.05, 0.1) is 13.2 Å². The molecule has 3 rings (SSSR count). The number of ether oxygens (including phenoxy) is 1. The van der Waals surface area contributed by atoms with Crippen molar-refractivity contribution in [3.63, 3.8) is 0 Å². The summed E-state index contributed by atoms with van der Waals surface area (Å²) in [7, 11) is 1.72. The van der Waals surface area contributed by atoms with E-state index >= 15 is 0 Å². The van der Waals surface area contributed by atoms with E-state index in [1.54, 1.807) is 7.11 Å². The zero-order valence-electron chi connectivity index (χ0n) is 11.4. The molecule has 1 aliphatic rings. The third kappa shape index (κ3) is 2.36.